The van der Waals surface area contributed by atoms with Crippen molar-refractivity contribution in [3.8, 4) is 0 Å². The zero-order valence-electron chi connectivity index (χ0n) is 21.5. The average molecular weight is 599 g/mol. The van der Waals surface area contributed by atoms with Crippen molar-refractivity contribution in [2.75, 3.05) is 11.9 Å². The van der Waals surface area contributed by atoms with Gasteiger partial charge in [0.15, 0.2) is 15.6 Å². The second-order valence-electron chi connectivity index (χ2n) is 9.80. The van der Waals surface area contributed by atoms with Crippen molar-refractivity contribution >= 4 is 40.2 Å². The molecule has 5 rings (SSSR count). The minimum absolute atomic E-state index is 0.00712. The van der Waals surface area contributed by atoms with Crippen LogP contribution in [0.5, 0.6) is 0 Å². The summed E-state index contributed by atoms with van der Waals surface area (Å²) in [6.07, 6.45) is 3.55. The standard InChI is InChI=1S/C30H22ClF3N2O4S/c1-16-22(32)13-25(27(34)26(16)33)41(40)24-9-2-17(12-21(24)29(38)39)28(37)23-8-7-20(14-35-23)36-15-30(10-11-30)18-3-5-19(31)6-4-18/h2-9,12-14,36H,10-11,15H2,1H3,(H,38,39). The van der Waals surface area contributed by atoms with Crippen molar-refractivity contribution in [3.05, 3.63) is 117 Å². The first-order chi connectivity index (χ1) is 19.5. The first-order valence-electron chi connectivity index (χ1n) is 12.4. The number of carboxylic acid groups (broad SMARTS) is 1. The van der Waals surface area contributed by atoms with Crippen LogP contribution < -0.4 is 5.32 Å². The number of nitrogens with zero attached hydrogens (tertiary/aromatic N) is 1. The van der Waals surface area contributed by atoms with Gasteiger partial charge in [-0.05, 0) is 67.8 Å². The molecule has 4 aromatic rings. The summed E-state index contributed by atoms with van der Waals surface area (Å²) in [7, 11) is 0. The largest absolute Gasteiger partial charge is 0.606 e. The number of hydrogen-bond acceptors (Lipinski definition) is 5. The van der Waals surface area contributed by atoms with Crippen LogP contribution in [0.3, 0.4) is 0 Å². The summed E-state index contributed by atoms with van der Waals surface area (Å²) in [5.41, 5.74) is 0.681. The molecule has 2 N–H and O–H groups in total. The second-order valence-corrected chi connectivity index (χ2v) is 11.6. The number of hydrogen-bond donors (Lipinski definition) is 2. The molecule has 1 unspecified atom stereocenters. The highest BCUT2D eigenvalue weighted by molar-refractivity contribution is 7.91. The SMILES string of the molecule is Cc1c(F)cc([S+]([O-])c2ccc(C(=O)c3ccc(NCC4(c5ccc(Cl)cc5)CC4)cn3)cc2C(=O)O)c(F)c1F. The van der Waals surface area contributed by atoms with Crippen molar-refractivity contribution < 1.29 is 32.4 Å². The van der Waals surface area contributed by atoms with Gasteiger partial charge in [0.1, 0.15) is 17.1 Å². The van der Waals surface area contributed by atoms with Crippen molar-refractivity contribution in [3.63, 3.8) is 0 Å². The Bertz CT molecular complexity index is 1660. The second kappa shape index (κ2) is 11.2. The van der Waals surface area contributed by atoms with Crippen molar-refractivity contribution in [2.24, 2.45) is 0 Å². The molecule has 3 aromatic carbocycles. The zero-order chi connectivity index (χ0) is 29.5. The Balaban J connectivity index is 1.34. The lowest BCUT2D eigenvalue weighted by molar-refractivity contribution is 0.0692. The zero-order valence-corrected chi connectivity index (χ0v) is 23.1. The molecule has 1 fully saturated rings. The molecule has 6 nitrogen and oxygen atoms in total. The fraction of sp³-hybridized carbons (Fsp3) is 0.167. The highest BCUT2D eigenvalue weighted by atomic mass is 35.5. The predicted octanol–water partition coefficient (Wildman–Crippen LogP) is 6.70. The maximum Gasteiger partial charge on any atom is 0.340 e. The molecular formula is C30H22ClF3N2O4S. The minimum atomic E-state index is -2.59. The molecule has 11 heteroatoms. The summed E-state index contributed by atoms with van der Waals surface area (Å²) in [5.74, 6) is -6.35. The summed E-state index contributed by atoms with van der Waals surface area (Å²) < 4.78 is 55.5. The van der Waals surface area contributed by atoms with E-state index in [1.54, 1.807) is 6.07 Å². The Hall–Kier alpha value is -3.86. The molecule has 0 saturated heterocycles. The van der Waals surface area contributed by atoms with E-state index in [4.69, 9.17) is 11.6 Å². The lowest BCUT2D eigenvalue weighted by atomic mass is 9.96. The lowest BCUT2D eigenvalue weighted by Gasteiger charge is -2.17. The molecule has 0 spiro atoms. The highest BCUT2D eigenvalue weighted by Crippen LogP contribution is 2.48. The van der Waals surface area contributed by atoms with Crippen LogP contribution in [-0.2, 0) is 16.6 Å². The van der Waals surface area contributed by atoms with Crippen molar-refractivity contribution in [1.82, 2.24) is 4.98 Å². The summed E-state index contributed by atoms with van der Waals surface area (Å²) >= 11 is 3.41. The van der Waals surface area contributed by atoms with E-state index in [-0.39, 0.29) is 16.7 Å². The van der Waals surface area contributed by atoms with Crippen molar-refractivity contribution in [1.29, 1.82) is 0 Å². The van der Waals surface area contributed by atoms with Crippen LogP contribution in [0.4, 0.5) is 18.9 Å². The molecule has 210 valence electrons. The number of carbonyl (C=O) groups is 2. The average Bonchev–Trinajstić information content (AvgIpc) is 3.77. The van der Waals surface area contributed by atoms with Crippen LogP contribution in [0.25, 0.3) is 0 Å². The first-order valence-corrected chi connectivity index (χ1v) is 14.0. The van der Waals surface area contributed by atoms with Gasteiger partial charge in [0.25, 0.3) is 0 Å². The molecule has 0 bridgehead atoms. The third-order valence-electron chi connectivity index (χ3n) is 7.16. The molecule has 1 aromatic heterocycles. The number of ketones is 1. The van der Waals surface area contributed by atoms with Gasteiger partial charge in [-0.25, -0.2) is 13.6 Å². The van der Waals surface area contributed by atoms with Gasteiger partial charge in [-0.15, -0.1) is 0 Å². The Morgan fingerprint density at radius 2 is 1.73 bits per heavy atom. The fourth-order valence-electron chi connectivity index (χ4n) is 4.49. The van der Waals surface area contributed by atoms with Crippen LogP contribution in [0.1, 0.15) is 50.4 Å². The summed E-state index contributed by atoms with van der Waals surface area (Å²) in [5, 5.41) is 13.7. The van der Waals surface area contributed by atoms with Gasteiger partial charge in [-0.2, -0.15) is 4.39 Å². The van der Waals surface area contributed by atoms with Gasteiger partial charge in [-0.1, -0.05) is 23.7 Å². The van der Waals surface area contributed by atoms with E-state index in [9.17, 15) is 32.4 Å². The number of carboxylic acids is 1. The number of anilines is 1. The number of carbonyl (C=O) groups excluding carboxylic acids is 1. The molecule has 1 aliphatic carbocycles. The Labute approximate surface area is 241 Å². The molecule has 1 atom stereocenters. The number of nitrogens with one attached hydrogen (secondary N) is 1. The van der Waals surface area contributed by atoms with E-state index in [1.165, 1.54) is 23.9 Å². The molecule has 0 radical (unpaired) electrons. The minimum Gasteiger partial charge on any atom is -0.606 e. The molecule has 0 amide bonds. The van der Waals surface area contributed by atoms with Gasteiger partial charge in [0.2, 0.25) is 11.6 Å². The Morgan fingerprint density at radius 1 is 1.02 bits per heavy atom. The number of rotatable bonds is 9. The van der Waals surface area contributed by atoms with Crippen LogP contribution in [0, 0.1) is 24.4 Å². The van der Waals surface area contributed by atoms with E-state index >= 15 is 0 Å². The van der Waals surface area contributed by atoms with E-state index in [0.717, 1.165) is 31.9 Å². The molecular weight excluding hydrogens is 577 g/mol. The van der Waals surface area contributed by atoms with Crippen LogP contribution in [-0.4, -0.2) is 32.9 Å². The van der Waals surface area contributed by atoms with Crippen LogP contribution in [0.15, 0.2) is 76.7 Å². The predicted molar refractivity (Wildman–Crippen MR) is 148 cm³/mol. The normalized spacial score (nSPS) is 14.4. The smallest absolute Gasteiger partial charge is 0.340 e. The third-order valence-corrected chi connectivity index (χ3v) is 8.87. The third kappa shape index (κ3) is 5.68. The topological polar surface area (TPSA) is 102 Å². The van der Waals surface area contributed by atoms with Crippen LogP contribution >= 0.6 is 11.6 Å². The van der Waals surface area contributed by atoms with Gasteiger partial charge in [0.05, 0.1) is 11.9 Å². The van der Waals surface area contributed by atoms with Gasteiger partial charge in [0, 0.05) is 45.4 Å². The molecule has 1 saturated carbocycles. The number of halogens is 4. The monoisotopic (exact) mass is 598 g/mol. The van der Waals surface area contributed by atoms with E-state index in [2.05, 4.69) is 10.3 Å². The number of pyridine rings is 1. The van der Waals surface area contributed by atoms with Crippen molar-refractivity contribution in [2.45, 2.75) is 35.0 Å². The molecule has 41 heavy (non-hydrogen) atoms. The summed E-state index contributed by atoms with van der Waals surface area (Å²) in [6.45, 7) is 1.69. The number of benzene rings is 3. The van der Waals surface area contributed by atoms with Gasteiger partial charge >= 0.3 is 5.97 Å². The number of aromatic nitrogens is 1. The van der Waals surface area contributed by atoms with E-state index < -0.39 is 61.3 Å². The quantitative estimate of drug-likeness (QED) is 0.126. The Morgan fingerprint density at radius 3 is 2.34 bits per heavy atom. The number of aromatic carboxylic acids is 1. The summed E-state index contributed by atoms with van der Waals surface area (Å²) in [6, 6.07) is 14.7. The molecule has 1 aliphatic rings. The maximum atomic E-state index is 14.4. The van der Waals surface area contributed by atoms with E-state index in [0.29, 0.717) is 23.3 Å². The van der Waals surface area contributed by atoms with E-state index in [1.807, 2.05) is 24.3 Å². The van der Waals surface area contributed by atoms with Crippen LogP contribution in [0.2, 0.25) is 5.02 Å². The highest BCUT2D eigenvalue weighted by Gasteiger charge is 2.44. The van der Waals surface area contributed by atoms with Gasteiger partial charge < -0.3 is 15.0 Å². The molecule has 1 heterocycles. The Kier molecular flexibility index (Phi) is 7.83. The maximum absolute atomic E-state index is 14.4. The first kappa shape index (κ1) is 28.7. The summed E-state index contributed by atoms with van der Waals surface area (Å²) in [4.78, 5) is 28.0. The van der Waals surface area contributed by atoms with Gasteiger partial charge in [-0.3, -0.25) is 9.78 Å². The fourth-order valence-corrected chi connectivity index (χ4v) is 5.85. The lowest BCUT2D eigenvalue weighted by Crippen LogP contribution is -2.19. The molecule has 0 aliphatic heterocycles.